The number of nitrogens with one attached hydrogen (secondary N) is 1. The van der Waals surface area contributed by atoms with E-state index in [1.807, 2.05) is 12.2 Å². The second kappa shape index (κ2) is 5.78. The average Bonchev–Trinajstić information content (AvgIpc) is 2.63. The van der Waals surface area contributed by atoms with Crippen molar-refractivity contribution in [3.05, 3.63) is 37.0 Å². The predicted molar refractivity (Wildman–Crippen MR) is 62.3 cm³/mol. The summed E-state index contributed by atoms with van der Waals surface area (Å²) in [4.78, 5) is 0. The van der Waals surface area contributed by atoms with Crippen molar-refractivity contribution >= 4 is 0 Å². The zero-order valence-corrected chi connectivity index (χ0v) is 8.83. The van der Waals surface area contributed by atoms with Crippen molar-refractivity contribution in [1.29, 1.82) is 0 Å². The molecule has 14 heavy (non-hydrogen) atoms. The summed E-state index contributed by atoms with van der Waals surface area (Å²) < 4.78 is 5.19. The summed E-state index contributed by atoms with van der Waals surface area (Å²) in [6, 6.07) is 0. The van der Waals surface area contributed by atoms with E-state index in [1.54, 1.807) is 13.2 Å². The molecular formula is C12H21NO. The van der Waals surface area contributed by atoms with Crippen LogP contribution in [0.3, 0.4) is 0 Å². The van der Waals surface area contributed by atoms with Gasteiger partial charge < -0.3 is 10.1 Å². The fraction of sp³-hybridized carbons (Fsp3) is 0.500. The minimum atomic E-state index is 0. The van der Waals surface area contributed by atoms with Gasteiger partial charge in [-0.3, -0.25) is 0 Å². The van der Waals surface area contributed by atoms with Gasteiger partial charge in [-0.2, -0.15) is 0 Å². The van der Waals surface area contributed by atoms with Gasteiger partial charge in [0.1, 0.15) is 0 Å². The molecule has 1 saturated heterocycles. The van der Waals surface area contributed by atoms with E-state index in [-0.39, 0.29) is 1.43 Å². The normalized spacial score (nSPS) is 26.9. The number of rotatable bonds is 5. The predicted octanol–water partition coefficient (Wildman–Crippen LogP) is 2.01. The maximum atomic E-state index is 5.19. The van der Waals surface area contributed by atoms with E-state index in [9.17, 15) is 0 Å². The first-order valence-corrected chi connectivity index (χ1v) is 4.97. The standard InChI is InChI=1S/C12H19NO.H2/c1-4-5-6-10(2)12-8-13-7-11(12)9-14-3;/h4-6,11-13H,1-2,7-9H2,3H3;1H/b6-5-;/t11-,12-;/m1./s1. The van der Waals surface area contributed by atoms with Crippen LogP contribution in [0.5, 0.6) is 0 Å². The maximum Gasteiger partial charge on any atom is 0.0508 e. The number of hydrogen-bond donors (Lipinski definition) is 1. The van der Waals surface area contributed by atoms with Crippen molar-refractivity contribution in [2.24, 2.45) is 11.8 Å². The Bertz CT molecular complexity index is 238. The summed E-state index contributed by atoms with van der Waals surface area (Å²) >= 11 is 0. The Hall–Kier alpha value is -0.860. The summed E-state index contributed by atoms with van der Waals surface area (Å²) in [5, 5.41) is 3.36. The van der Waals surface area contributed by atoms with Gasteiger partial charge in [0.05, 0.1) is 6.61 Å². The fourth-order valence-electron chi connectivity index (χ4n) is 1.87. The lowest BCUT2D eigenvalue weighted by molar-refractivity contribution is 0.147. The van der Waals surface area contributed by atoms with Crippen LogP contribution in [0, 0.1) is 11.8 Å². The third-order valence-corrected chi connectivity index (χ3v) is 2.64. The molecule has 1 aliphatic rings. The Labute approximate surface area is 87.8 Å². The first-order valence-electron chi connectivity index (χ1n) is 4.97. The van der Waals surface area contributed by atoms with Crippen LogP contribution in [0.1, 0.15) is 1.43 Å². The van der Waals surface area contributed by atoms with Crippen LogP contribution in [0.2, 0.25) is 0 Å². The second-order valence-corrected chi connectivity index (χ2v) is 3.65. The number of methoxy groups -OCH3 is 1. The quantitative estimate of drug-likeness (QED) is 0.678. The van der Waals surface area contributed by atoms with E-state index in [1.165, 1.54) is 0 Å². The molecule has 0 spiro atoms. The number of allylic oxidation sites excluding steroid dienone is 3. The van der Waals surface area contributed by atoms with Crippen molar-refractivity contribution in [3.63, 3.8) is 0 Å². The maximum absolute atomic E-state index is 5.19. The van der Waals surface area contributed by atoms with Crippen LogP contribution in [0.15, 0.2) is 37.0 Å². The Balaban J connectivity index is 0.00000196. The monoisotopic (exact) mass is 195 g/mol. The summed E-state index contributed by atoms with van der Waals surface area (Å²) in [6.45, 7) is 10.6. The molecule has 0 aromatic rings. The van der Waals surface area contributed by atoms with Crippen LogP contribution in [0.25, 0.3) is 0 Å². The molecular weight excluding hydrogens is 174 g/mol. The molecule has 0 bridgehead atoms. The SMILES string of the molecule is C=C/C=C\C(=C)[C@H]1CNC[C@@H]1COC.[HH]. The van der Waals surface area contributed by atoms with E-state index in [2.05, 4.69) is 18.5 Å². The molecule has 2 heteroatoms. The summed E-state index contributed by atoms with van der Waals surface area (Å²) in [7, 11) is 1.75. The van der Waals surface area contributed by atoms with Crippen molar-refractivity contribution in [3.8, 4) is 0 Å². The fourth-order valence-corrected chi connectivity index (χ4v) is 1.87. The van der Waals surface area contributed by atoms with Crippen LogP contribution in [-0.2, 0) is 4.74 Å². The Kier molecular flexibility index (Phi) is 4.63. The summed E-state index contributed by atoms with van der Waals surface area (Å²) in [5.74, 6) is 1.06. The smallest absolute Gasteiger partial charge is 0.0508 e. The molecule has 80 valence electrons. The van der Waals surface area contributed by atoms with Crippen molar-refractivity contribution in [2.75, 3.05) is 26.8 Å². The lowest BCUT2D eigenvalue weighted by Gasteiger charge is -2.17. The molecule has 0 unspecified atom stereocenters. The largest absolute Gasteiger partial charge is 0.384 e. The molecule has 0 saturated carbocycles. The Morgan fingerprint density at radius 2 is 2.43 bits per heavy atom. The van der Waals surface area contributed by atoms with E-state index < -0.39 is 0 Å². The zero-order chi connectivity index (χ0) is 10.4. The van der Waals surface area contributed by atoms with Gasteiger partial charge in [0.2, 0.25) is 0 Å². The van der Waals surface area contributed by atoms with Crippen LogP contribution >= 0.6 is 0 Å². The van der Waals surface area contributed by atoms with Gasteiger partial charge in [-0.25, -0.2) is 0 Å². The Morgan fingerprint density at radius 1 is 1.64 bits per heavy atom. The van der Waals surface area contributed by atoms with Gasteiger partial charge in [0.15, 0.2) is 0 Å². The highest BCUT2D eigenvalue weighted by Gasteiger charge is 2.27. The second-order valence-electron chi connectivity index (χ2n) is 3.65. The third kappa shape index (κ3) is 2.82. The van der Waals surface area contributed by atoms with E-state index in [0.717, 1.165) is 25.3 Å². The molecule has 0 aromatic heterocycles. The molecule has 1 N–H and O–H groups in total. The minimum Gasteiger partial charge on any atom is -0.384 e. The highest BCUT2D eigenvalue weighted by atomic mass is 16.5. The Morgan fingerprint density at radius 3 is 3.07 bits per heavy atom. The summed E-state index contributed by atoms with van der Waals surface area (Å²) in [5.41, 5.74) is 1.16. The molecule has 2 atom stereocenters. The minimum absolute atomic E-state index is 0. The number of ether oxygens (including phenoxy) is 1. The highest BCUT2D eigenvalue weighted by molar-refractivity contribution is 5.23. The molecule has 0 amide bonds. The third-order valence-electron chi connectivity index (χ3n) is 2.64. The van der Waals surface area contributed by atoms with Crippen LogP contribution in [-0.4, -0.2) is 26.8 Å². The van der Waals surface area contributed by atoms with Gasteiger partial charge in [-0.05, 0) is 0 Å². The lowest BCUT2D eigenvalue weighted by atomic mass is 9.90. The average molecular weight is 195 g/mol. The molecule has 0 radical (unpaired) electrons. The first kappa shape index (κ1) is 11.2. The molecule has 0 aliphatic carbocycles. The van der Waals surface area contributed by atoms with Crippen LogP contribution in [0.4, 0.5) is 0 Å². The van der Waals surface area contributed by atoms with Gasteiger partial charge in [0, 0.05) is 33.5 Å². The van der Waals surface area contributed by atoms with Gasteiger partial charge in [0.25, 0.3) is 0 Å². The molecule has 1 heterocycles. The first-order chi connectivity index (χ1) is 6.79. The van der Waals surface area contributed by atoms with Crippen LogP contribution < -0.4 is 5.32 Å². The number of hydrogen-bond acceptors (Lipinski definition) is 2. The molecule has 1 aliphatic heterocycles. The summed E-state index contributed by atoms with van der Waals surface area (Å²) in [6.07, 6.45) is 5.75. The molecule has 1 fully saturated rings. The highest BCUT2D eigenvalue weighted by Crippen LogP contribution is 2.24. The van der Waals surface area contributed by atoms with E-state index in [4.69, 9.17) is 4.74 Å². The topological polar surface area (TPSA) is 21.3 Å². The molecule has 1 rings (SSSR count). The van der Waals surface area contributed by atoms with E-state index in [0.29, 0.717) is 11.8 Å². The van der Waals surface area contributed by atoms with Crippen molar-refractivity contribution < 1.29 is 6.16 Å². The molecule has 0 aromatic carbocycles. The van der Waals surface area contributed by atoms with E-state index >= 15 is 0 Å². The molecule has 2 nitrogen and oxygen atoms in total. The lowest BCUT2D eigenvalue weighted by Crippen LogP contribution is -2.18. The van der Waals surface area contributed by atoms with Crippen molar-refractivity contribution in [2.45, 2.75) is 0 Å². The van der Waals surface area contributed by atoms with Gasteiger partial charge >= 0.3 is 0 Å². The van der Waals surface area contributed by atoms with Gasteiger partial charge in [-0.1, -0.05) is 37.0 Å². The zero-order valence-electron chi connectivity index (χ0n) is 8.83. The van der Waals surface area contributed by atoms with Crippen molar-refractivity contribution in [1.82, 2.24) is 5.32 Å². The van der Waals surface area contributed by atoms with Gasteiger partial charge in [-0.15, -0.1) is 0 Å².